The van der Waals surface area contributed by atoms with E-state index in [1.807, 2.05) is 6.92 Å². The second-order valence-corrected chi connectivity index (χ2v) is 6.21. The van der Waals surface area contributed by atoms with Crippen molar-refractivity contribution in [2.24, 2.45) is 0 Å². The normalized spacial score (nSPS) is 12.5. The Kier molecular flexibility index (Phi) is 6.73. The summed E-state index contributed by atoms with van der Waals surface area (Å²) in [6.45, 7) is 3.26. The first-order valence-corrected chi connectivity index (χ1v) is 9.30. The zero-order valence-corrected chi connectivity index (χ0v) is 16.4. The summed E-state index contributed by atoms with van der Waals surface area (Å²) >= 11 is 0. The average molecular weight is 397 g/mol. The van der Waals surface area contributed by atoms with E-state index in [0.717, 1.165) is 5.56 Å². The third kappa shape index (κ3) is 5.28. The van der Waals surface area contributed by atoms with Crippen molar-refractivity contribution >= 4 is 17.8 Å². The zero-order chi connectivity index (χ0) is 20.6. The summed E-state index contributed by atoms with van der Waals surface area (Å²) in [5.74, 6) is 1.79. The van der Waals surface area contributed by atoms with Crippen LogP contribution in [-0.2, 0) is 4.79 Å². The number of carbonyl (C=O) groups is 2. The van der Waals surface area contributed by atoms with Crippen LogP contribution in [0.15, 0.2) is 42.5 Å². The maximum atomic E-state index is 12.5. The highest BCUT2D eigenvalue weighted by atomic mass is 16.6. The second kappa shape index (κ2) is 9.64. The van der Waals surface area contributed by atoms with Crippen molar-refractivity contribution in [3.05, 3.63) is 53.6 Å². The molecule has 7 nitrogen and oxygen atoms in total. The van der Waals surface area contributed by atoms with Gasteiger partial charge in [-0.25, -0.2) is 0 Å². The molecule has 0 aliphatic carbocycles. The fourth-order valence-corrected chi connectivity index (χ4v) is 2.76. The Morgan fingerprint density at radius 1 is 1.07 bits per heavy atom. The van der Waals surface area contributed by atoms with Gasteiger partial charge in [-0.3, -0.25) is 9.59 Å². The lowest BCUT2D eigenvalue weighted by molar-refractivity contribution is -0.123. The number of hydrogen-bond donors (Lipinski definition) is 1. The molecule has 0 spiro atoms. The predicted molar refractivity (Wildman–Crippen MR) is 108 cm³/mol. The van der Waals surface area contributed by atoms with Gasteiger partial charge < -0.3 is 24.3 Å². The summed E-state index contributed by atoms with van der Waals surface area (Å²) in [4.78, 5) is 24.0. The lowest BCUT2D eigenvalue weighted by atomic mass is 10.1. The molecule has 0 fully saturated rings. The van der Waals surface area contributed by atoms with Crippen LogP contribution >= 0.6 is 0 Å². The lowest BCUT2D eigenvalue weighted by Gasteiger charge is -2.18. The third-order valence-electron chi connectivity index (χ3n) is 4.17. The van der Waals surface area contributed by atoms with Crippen molar-refractivity contribution in [2.75, 3.05) is 33.5 Å². The molecule has 0 saturated heterocycles. The fraction of sp³-hybridized carbons (Fsp3) is 0.273. The summed E-state index contributed by atoms with van der Waals surface area (Å²) in [7, 11) is 1.52. The van der Waals surface area contributed by atoms with E-state index in [9.17, 15) is 9.59 Å². The molecule has 2 aromatic rings. The van der Waals surface area contributed by atoms with Gasteiger partial charge in [0.15, 0.2) is 35.4 Å². The number of amides is 1. The standard InChI is InChI=1S/C22H23NO6/c1-3-23-22(25)14-29-18-8-5-15(12-20(18)26-2)4-7-17(24)16-6-9-19-21(13-16)28-11-10-27-19/h4-9,12-13H,3,10-11,14H2,1-2H3,(H,23,25). The SMILES string of the molecule is CCNC(=O)COc1ccc(C=CC(=O)c2ccc3c(c2)OCCO3)cc1OC. The molecule has 0 atom stereocenters. The molecule has 29 heavy (non-hydrogen) atoms. The molecule has 3 rings (SSSR count). The first-order valence-electron chi connectivity index (χ1n) is 9.30. The quantitative estimate of drug-likeness (QED) is 0.545. The lowest BCUT2D eigenvalue weighted by Crippen LogP contribution is -2.28. The van der Waals surface area contributed by atoms with E-state index in [1.54, 1.807) is 42.5 Å². The first kappa shape index (κ1) is 20.3. The molecule has 1 heterocycles. The predicted octanol–water partition coefficient (Wildman–Crippen LogP) is 2.88. The minimum atomic E-state index is -0.205. The summed E-state index contributed by atoms with van der Waals surface area (Å²) < 4.78 is 21.8. The summed E-state index contributed by atoms with van der Waals surface area (Å²) in [6, 6.07) is 10.3. The number of methoxy groups -OCH3 is 1. The van der Waals surface area contributed by atoms with Gasteiger partial charge in [-0.2, -0.15) is 0 Å². The molecule has 0 saturated carbocycles. The van der Waals surface area contributed by atoms with Gasteiger partial charge in [-0.1, -0.05) is 12.1 Å². The molecule has 0 unspecified atom stereocenters. The van der Waals surface area contributed by atoms with Crippen molar-refractivity contribution < 1.29 is 28.5 Å². The number of likely N-dealkylation sites (N-methyl/N-ethyl adjacent to an activating group) is 1. The minimum absolute atomic E-state index is 0.0953. The number of allylic oxidation sites excluding steroid dienone is 1. The maximum absolute atomic E-state index is 12.5. The monoisotopic (exact) mass is 397 g/mol. The molecular weight excluding hydrogens is 374 g/mol. The van der Waals surface area contributed by atoms with Crippen LogP contribution in [0.3, 0.4) is 0 Å². The van der Waals surface area contributed by atoms with Gasteiger partial charge in [0.1, 0.15) is 13.2 Å². The van der Waals surface area contributed by atoms with Crippen LogP contribution < -0.4 is 24.3 Å². The first-order chi connectivity index (χ1) is 14.1. The number of carbonyl (C=O) groups excluding carboxylic acids is 2. The van der Waals surface area contributed by atoms with Gasteiger partial charge in [0, 0.05) is 12.1 Å². The Labute approximate surface area is 169 Å². The number of rotatable bonds is 8. The molecule has 0 aromatic heterocycles. The molecule has 0 radical (unpaired) electrons. The average Bonchev–Trinajstić information content (AvgIpc) is 2.76. The van der Waals surface area contributed by atoms with Crippen LogP contribution in [0.1, 0.15) is 22.8 Å². The van der Waals surface area contributed by atoms with Crippen LogP contribution in [0.2, 0.25) is 0 Å². The Hall–Kier alpha value is -3.48. The van der Waals surface area contributed by atoms with Gasteiger partial charge in [-0.15, -0.1) is 0 Å². The Balaban J connectivity index is 1.68. The van der Waals surface area contributed by atoms with E-state index in [-0.39, 0.29) is 18.3 Å². The smallest absolute Gasteiger partial charge is 0.257 e. The van der Waals surface area contributed by atoms with Gasteiger partial charge in [0.05, 0.1) is 7.11 Å². The van der Waals surface area contributed by atoms with E-state index < -0.39 is 0 Å². The Morgan fingerprint density at radius 2 is 1.86 bits per heavy atom. The summed E-state index contributed by atoms with van der Waals surface area (Å²) in [5.41, 5.74) is 1.28. The van der Waals surface area contributed by atoms with Crippen LogP contribution in [0.5, 0.6) is 23.0 Å². The molecule has 2 aromatic carbocycles. The Morgan fingerprint density at radius 3 is 2.62 bits per heavy atom. The van der Waals surface area contributed by atoms with Gasteiger partial charge >= 0.3 is 0 Å². The summed E-state index contributed by atoms with van der Waals surface area (Å²) in [6.07, 6.45) is 3.17. The molecule has 7 heteroatoms. The maximum Gasteiger partial charge on any atom is 0.257 e. The van der Waals surface area contributed by atoms with Crippen molar-refractivity contribution in [1.29, 1.82) is 0 Å². The fourth-order valence-electron chi connectivity index (χ4n) is 2.76. The van der Waals surface area contributed by atoms with E-state index in [2.05, 4.69) is 5.32 Å². The third-order valence-corrected chi connectivity index (χ3v) is 4.17. The highest BCUT2D eigenvalue weighted by Crippen LogP contribution is 2.31. The van der Waals surface area contributed by atoms with Crippen molar-refractivity contribution in [2.45, 2.75) is 6.92 Å². The van der Waals surface area contributed by atoms with Crippen molar-refractivity contribution in [3.8, 4) is 23.0 Å². The molecule has 152 valence electrons. The number of nitrogens with one attached hydrogen (secondary N) is 1. The number of benzene rings is 2. The molecular formula is C22H23NO6. The van der Waals surface area contributed by atoms with Gasteiger partial charge in [-0.05, 0) is 48.9 Å². The molecule has 1 amide bonds. The molecule has 1 N–H and O–H groups in total. The van der Waals surface area contributed by atoms with E-state index in [4.69, 9.17) is 18.9 Å². The number of ketones is 1. The zero-order valence-electron chi connectivity index (χ0n) is 16.4. The van der Waals surface area contributed by atoms with Crippen LogP contribution in [-0.4, -0.2) is 45.2 Å². The number of fused-ring (bicyclic) bond motifs is 1. The summed E-state index contributed by atoms with van der Waals surface area (Å²) in [5, 5.41) is 2.66. The van der Waals surface area contributed by atoms with E-state index in [1.165, 1.54) is 13.2 Å². The number of hydrogen-bond acceptors (Lipinski definition) is 6. The molecule has 0 bridgehead atoms. The molecule has 1 aliphatic heterocycles. The van der Waals surface area contributed by atoms with Crippen molar-refractivity contribution in [3.63, 3.8) is 0 Å². The highest BCUT2D eigenvalue weighted by molar-refractivity contribution is 6.07. The minimum Gasteiger partial charge on any atom is -0.493 e. The Bertz CT molecular complexity index is 922. The van der Waals surface area contributed by atoms with Gasteiger partial charge in [0.25, 0.3) is 5.91 Å². The topological polar surface area (TPSA) is 83.1 Å². The second-order valence-electron chi connectivity index (χ2n) is 6.21. The van der Waals surface area contributed by atoms with Crippen LogP contribution in [0, 0.1) is 0 Å². The highest BCUT2D eigenvalue weighted by Gasteiger charge is 2.14. The van der Waals surface area contributed by atoms with Crippen LogP contribution in [0.4, 0.5) is 0 Å². The van der Waals surface area contributed by atoms with Gasteiger partial charge in [0.2, 0.25) is 0 Å². The molecule has 1 aliphatic rings. The van der Waals surface area contributed by atoms with E-state index >= 15 is 0 Å². The van der Waals surface area contributed by atoms with E-state index in [0.29, 0.717) is 48.3 Å². The van der Waals surface area contributed by atoms with Crippen LogP contribution in [0.25, 0.3) is 6.08 Å². The largest absolute Gasteiger partial charge is 0.493 e. The number of ether oxygens (including phenoxy) is 4. The van der Waals surface area contributed by atoms with Crippen molar-refractivity contribution in [1.82, 2.24) is 5.32 Å².